The van der Waals surface area contributed by atoms with E-state index < -0.39 is 12.2 Å². The Hall–Kier alpha value is -2.66. The van der Waals surface area contributed by atoms with Gasteiger partial charge in [-0.15, -0.1) is 0 Å². The third-order valence-corrected chi connectivity index (χ3v) is 3.09. The predicted octanol–water partition coefficient (Wildman–Crippen LogP) is 2.03. The molecular formula is C16H14N2O3. The Morgan fingerprint density at radius 1 is 0.714 bits per heavy atom. The molecule has 0 saturated carbocycles. The first-order chi connectivity index (χ1) is 10.2. The van der Waals surface area contributed by atoms with Gasteiger partial charge in [-0.2, -0.15) is 0 Å². The molecule has 2 aromatic rings. The summed E-state index contributed by atoms with van der Waals surface area (Å²) in [7, 11) is 0. The maximum atomic E-state index is 11.9. The van der Waals surface area contributed by atoms with Crippen LogP contribution in [0.3, 0.4) is 0 Å². The van der Waals surface area contributed by atoms with Gasteiger partial charge in [0, 0.05) is 11.4 Å². The van der Waals surface area contributed by atoms with Crippen LogP contribution in [0.5, 0.6) is 0 Å². The van der Waals surface area contributed by atoms with Crippen molar-refractivity contribution >= 4 is 23.2 Å². The summed E-state index contributed by atoms with van der Waals surface area (Å²) < 4.78 is 5.16. The predicted molar refractivity (Wildman–Crippen MR) is 78.8 cm³/mol. The molecule has 1 fully saturated rings. The lowest BCUT2D eigenvalue weighted by Crippen LogP contribution is -2.26. The Balaban J connectivity index is 1.54. The fourth-order valence-electron chi connectivity index (χ4n) is 1.98. The number of carbonyl (C=O) groups excluding carboxylic acids is 2. The first-order valence-electron chi connectivity index (χ1n) is 6.61. The molecule has 106 valence electrons. The van der Waals surface area contributed by atoms with Crippen LogP contribution in [-0.4, -0.2) is 24.0 Å². The van der Waals surface area contributed by atoms with E-state index in [0.29, 0.717) is 11.4 Å². The van der Waals surface area contributed by atoms with Gasteiger partial charge in [0.15, 0.2) is 12.2 Å². The van der Waals surface area contributed by atoms with E-state index in [-0.39, 0.29) is 11.8 Å². The van der Waals surface area contributed by atoms with Crippen LogP contribution in [-0.2, 0) is 14.3 Å². The molecule has 2 atom stereocenters. The average Bonchev–Trinajstić information content (AvgIpc) is 3.30. The zero-order valence-electron chi connectivity index (χ0n) is 11.2. The van der Waals surface area contributed by atoms with Gasteiger partial charge in [-0.05, 0) is 24.3 Å². The molecule has 1 heterocycles. The Morgan fingerprint density at radius 2 is 1.10 bits per heavy atom. The molecule has 3 rings (SSSR count). The maximum absolute atomic E-state index is 11.9. The summed E-state index contributed by atoms with van der Waals surface area (Å²) in [6.45, 7) is 0. The van der Waals surface area contributed by atoms with Crippen molar-refractivity contribution in [2.75, 3.05) is 10.6 Å². The van der Waals surface area contributed by atoms with E-state index >= 15 is 0 Å². The number of carbonyl (C=O) groups is 2. The van der Waals surface area contributed by atoms with Crippen LogP contribution >= 0.6 is 0 Å². The molecule has 0 aliphatic carbocycles. The fourth-order valence-corrected chi connectivity index (χ4v) is 1.98. The fraction of sp³-hybridized carbons (Fsp3) is 0.125. The third kappa shape index (κ3) is 3.27. The highest BCUT2D eigenvalue weighted by molar-refractivity contribution is 6.05. The lowest BCUT2D eigenvalue weighted by molar-refractivity contribution is -0.119. The molecule has 2 aromatic carbocycles. The van der Waals surface area contributed by atoms with E-state index in [2.05, 4.69) is 10.6 Å². The first kappa shape index (κ1) is 13.3. The summed E-state index contributed by atoms with van der Waals surface area (Å²) >= 11 is 0. The van der Waals surface area contributed by atoms with Gasteiger partial charge in [-0.25, -0.2) is 0 Å². The van der Waals surface area contributed by atoms with Crippen molar-refractivity contribution in [3.8, 4) is 0 Å². The highest BCUT2D eigenvalue weighted by Gasteiger charge is 2.50. The Bertz CT molecular complexity index is 586. The number of ether oxygens (including phenoxy) is 1. The van der Waals surface area contributed by atoms with Gasteiger partial charge in [0.25, 0.3) is 11.8 Å². The van der Waals surface area contributed by atoms with Gasteiger partial charge >= 0.3 is 0 Å². The Labute approximate surface area is 121 Å². The van der Waals surface area contributed by atoms with E-state index in [1.54, 1.807) is 24.3 Å². The van der Waals surface area contributed by atoms with Crippen molar-refractivity contribution in [1.82, 2.24) is 0 Å². The zero-order valence-corrected chi connectivity index (χ0v) is 11.2. The van der Waals surface area contributed by atoms with Crippen LogP contribution in [0, 0.1) is 0 Å². The smallest absolute Gasteiger partial charge is 0.256 e. The largest absolute Gasteiger partial charge is 0.349 e. The summed E-state index contributed by atoms with van der Waals surface area (Å²) in [5.74, 6) is -0.621. The monoisotopic (exact) mass is 282 g/mol. The summed E-state index contributed by atoms with van der Waals surface area (Å²) in [4.78, 5) is 23.9. The zero-order chi connectivity index (χ0) is 14.7. The van der Waals surface area contributed by atoms with Gasteiger partial charge < -0.3 is 15.4 Å². The minimum atomic E-state index is -0.728. The molecular weight excluding hydrogens is 268 g/mol. The molecule has 21 heavy (non-hydrogen) atoms. The van der Waals surface area contributed by atoms with E-state index in [1.165, 1.54) is 0 Å². The average molecular weight is 282 g/mol. The van der Waals surface area contributed by atoms with Crippen LogP contribution in [0.1, 0.15) is 0 Å². The van der Waals surface area contributed by atoms with Crippen LogP contribution in [0.15, 0.2) is 60.7 Å². The molecule has 5 nitrogen and oxygen atoms in total. The van der Waals surface area contributed by atoms with E-state index in [9.17, 15) is 9.59 Å². The molecule has 0 aromatic heterocycles. The minimum Gasteiger partial charge on any atom is -0.349 e. The van der Waals surface area contributed by atoms with Crippen molar-refractivity contribution < 1.29 is 14.3 Å². The molecule has 2 N–H and O–H groups in total. The highest BCUT2D eigenvalue weighted by Crippen LogP contribution is 2.25. The normalized spacial score (nSPS) is 19.6. The van der Waals surface area contributed by atoms with Gasteiger partial charge in [0.1, 0.15) is 0 Å². The van der Waals surface area contributed by atoms with Gasteiger partial charge in [0.05, 0.1) is 0 Å². The summed E-state index contributed by atoms with van der Waals surface area (Å²) in [6.07, 6.45) is -1.46. The van der Waals surface area contributed by atoms with E-state index in [0.717, 1.165) is 0 Å². The standard InChI is InChI=1S/C16H14N2O3/c19-15(17-11-7-3-1-4-8-11)13-14(21-13)16(20)18-12-9-5-2-6-10-12/h1-10,13-14H,(H,17,19)(H,18,20)/t13-,14-/m1/s1. The van der Waals surface area contributed by atoms with E-state index in [1.807, 2.05) is 36.4 Å². The quantitative estimate of drug-likeness (QED) is 0.843. The van der Waals surface area contributed by atoms with Crippen molar-refractivity contribution in [2.45, 2.75) is 12.2 Å². The molecule has 0 bridgehead atoms. The van der Waals surface area contributed by atoms with Crippen molar-refractivity contribution in [3.63, 3.8) is 0 Å². The number of anilines is 2. The number of rotatable bonds is 4. The first-order valence-corrected chi connectivity index (χ1v) is 6.61. The molecule has 1 saturated heterocycles. The van der Waals surface area contributed by atoms with Gasteiger partial charge in [-0.1, -0.05) is 36.4 Å². The lowest BCUT2D eigenvalue weighted by Gasteiger charge is -2.03. The summed E-state index contributed by atoms with van der Waals surface area (Å²) in [6, 6.07) is 18.1. The Morgan fingerprint density at radius 3 is 1.48 bits per heavy atom. The van der Waals surface area contributed by atoms with Crippen LogP contribution in [0.4, 0.5) is 11.4 Å². The Kier molecular flexibility index (Phi) is 3.66. The minimum absolute atomic E-state index is 0.311. The van der Waals surface area contributed by atoms with Crippen molar-refractivity contribution in [3.05, 3.63) is 60.7 Å². The molecule has 0 radical (unpaired) electrons. The van der Waals surface area contributed by atoms with Crippen LogP contribution in [0.2, 0.25) is 0 Å². The molecule has 0 unspecified atom stereocenters. The van der Waals surface area contributed by atoms with Gasteiger partial charge in [-0.3, -0.25) is 9.59 Å². The molecule has 5 heteroatoms. The van der Waals surface area contributed by atoms with Crippen molar-refractivity contribution in [2.24, 2.45) is 0 Å². The topological polar surface area (TPSA) is 70.7 Å². The van der Waals surface area contributed by atoms with Gasteiger partial charge in [0.2, 0.25) is 0 Å². The number of amides is 2. The molecule has 0 spiro atoms. The number of benzene rings is 2. The number of hydrogen-bond donors (Lipinski definition) is 2. The molecule has 1 aliphatic heterocycles. The van der Waals surface area contributed by atoms with Crippen LogP contribution in [0.25, 0.3) is 0 Å². The molecule has 1 aliphatic rings. The third-order valence-electron chi connectivity index (χ3n) is 3.09. The number of hydrogen-bond acceptors (Lipinski definition) is 3. The number of epoxide rings is 1. The van der Waals surface area contributed by atoms with Crippen molar-refractivity contribution in [1.29, 1.82) is 0 Å². The summed E-state index contributed by atoms with van der Waals surface area (Å²) in [5.41, 5.74) is 1.36. The highest BCUT2D eigenvalue weighted by atomic mass is 16.6. The SMILES string of the molecule is O=C(Nc1ccccc1)[C@@H]1O[C@H]1C(=O)Nc1ccccc1. The number of nitrogens with one attached hydrogen (secondary N) is 2. The summed E-state index contributed by atoms with van der Waals surface area (Å²) in [5, 5.41) is 5.42. The maximum Gasteiger partial charge on any atom is 0.256 e. The molecule has 2 amide bonds. The second kappa shape index (κ2) is 5.76. The second-order valence-electron chi connectivity index (χ2n) is 4.69. The number of para-hydroxylation sites is 2. The lowest BCUT2D eigenvalue weighted by atomic mass is 10.2. The second-order valence-corrected chi connectivity index (χ2v) is 4.69. The van der Waals surface area contributed by atoms with Crippen LogP contribution < -0.4 is 10.6 Å². The van der Waals surface area contributed by atoms with E-state index in [4.69, 9.17) is 4.74 Å².